The van der Waals surface area contributed by atoms with Crippen LogP contribution in [0.4, 0.5) is 0 Å². The summed E-state index contributed by atoms with van der Waals surface area (Å²) in [5.74, 6) is 1.21. The molecule has 1 aliphatic heterocycles. The SMILES string of the molecule is CCC1C(=O)NC2CC(NC(=O)c3ccc(Cn4ccnc4)cc3)CCC2C1C. The van der Waals surface area contributed by atoms with Crippen molar-refractivity contribution in [2.45, 2.75) is 58.2 Å². The summed E-state index contributed by atoms with van der Waals surface area (Å²) in [6.07, 6.45) is 9.21. The summed E-state index contributed by atoms with van der Waals surface area (Å²) in [6.45, 7) is 5.05. The molecular weight excluding hydrogens is 364 g/mol. The third-order valence-corrected chi connectivity index (χ3v) is 6.79. The Morgan fingerprint density at radius 3 is 2.76 bits per heavy atom. The van der Waals surface area contributed by atoms with Gasteiger partial charge in [-0.25, -0.2) is 4.98 Å². The highest BCUT2D eigenvalue weighted by atomic mass is 16.2. The number of carbonyl (C=O) groups is 2. The van der Waals surface area contributed by atoms with E-state index < -0.39 is 0 Å². The topological polar surface area (TPSA) is 76.0 Å². The molecule has 1 aliphatic carbocycles. The molecule has 5 atom stereocenters. The fourth-order valence-corrected chi connectivity index (χ4v) is 5.13. The number of amides is 2. The molecule has 0 bridgehead atoms. The maximum atomic E-state index is 12.7. The minimum atomic E-state index is -0.0377. The van der Waals surface area contributed by atoms with Crippen molar-refractivity contribution in [3.8, 4) is 0 Å². The van der Waals surface area contributed by atoms with E-state index >= 15 is 0 Å². The van der Waals surface area contributed by atoms with Crippen LogP contribution in [0.5, 0.6) is 0 Å². The molecule has 5 unspecified atom stereocenters. The van der Waals surface area contributed by atoms with E-state index in [1.54, 1.807) is 12.5 Å². The molecule has 2 fully saturated rings. The summed E-state index contributed by atoms with van der Waals surface area (Å²) in [5.41, 5.74) is 1.80. The molecule has 0 radical (unpaired) electrons. The minimum absolute atomic E-state index is 0.0377. The molecule has 154 valence electrons. The van der Waals surface area contributed by atoms with Crippen LogP contribution in [0.2, 0.25) is 0 Å². The summed E-state index contributed by atoms with van der Waals surface area (Å²) >= 11 is 0. The van der Waals surface area contributed by atoms with E-state index in [2.05, 4.69) is 29.5 Å². The lowest BCUT2D eigenvalue weighted by Crippen LogP contribution is -2.58. The number of nitrogens with one attached hydrogen (secondary N) is 2. The molecule has 1 aromatic heterocycles. The van der Waals surface area contributed by atoms with Crippen LogP contribution in [0, 0.1) is 17.8 Å². The van der Waals surface area contributed by atoms with Crippen LogP contribution < -0.4 is 10.6 Å². The van der Waals surface area contributed by atoms with E-state index in [-0.39, 0.29) is 29.8 Å². The van der Waals surface area contributed by atoms with Crippen LogP contribution in [-0.2, 0) is 11.3 Å². The Balaban J connectivity index is 1.34. The van der Waals surface area contributed by atoms with Gasteiger partial charge >= 0.3 is 0 Å². The highest BCUT2D eigenvalue weighted by Gasteiger charge is 2.43. The fourth-order valence-electron chi connectivity index (χ4n) is 5.13. The van der Waals surface area contributed by atoms with Gasteiger partial charge in [-0.15, -0.1) is 0 Å². The first kappa shape index (κ1) is 19.7. The first-order chi connectivity index (χ1) is 14.0. The van der Waals surface area contributed by atoms with E-state index in [0.717, 1.165) is 37.8 Å². The van der Waals surface area contributed by atoms with Crippen molar-refractivity contribution in [3.63, 3.8) is 0 Å². The summed E-state index contributed by atoms with van der Waals surface area (Å²) in [4.78, 5) is 29.1. The lowest BCUT2D eigenvalue weighted by molar-refractivity contribution is -0.133. The first-order valence-electron chi connectivity index (χ1n) is 10.7. The second-order valence-corrected chi connectivity index (χ2v) is 8.57. The Kier molecular flexibility index (Phi) is 5.69. The standard InChI is InChI=1S/C23H30N4O2/c1-3-19-15(2)20-9-8-18(12-21(20)26-23(19)29)25-22(28)17-6-4-16(5-7-17)13-27-11-10-24-14-27/h4-7,10-11,14-15,18-21H,3,8-9,12-13H2,1-2H3,(H,25,28)(H,26,29). The molecule has 1 saturated heterocycles. The van der Waals surface area contributed by atoms with Gasteiger partial charge in [-0.1, -0.05) is 26.0 Å². The normalized spacial score (nSPS) is 29.0. The number of hydrogen-bond acceptors (Lipinski definition) is 3. The molecule has 2 N–H and O–H groups in total. The van der Waals surface area contributed by atoms with E-state index in [1.807, 2.05) is 35.0 Å². The van der Waals surface area contributed by atoms with Crippen molar-refractivity contribution in [2.75, 3.05) is 0 Å². The van der Waals surface area contributed by atoms with Crippen molar-refractivity contribution in [1.82, 2.24) is 20.2 Å². The molecule has 6 nitrogen and oxygen atoms in total. The first-order valence-corrected chi connectivity index (χ1v) is 10.7. The average molecular weight is 395 g/mol. The highest BCUT2D eigenvalue weighted by molar-refractivity contribution is 5.94. The number of piperidine rings is 1. The number of aromatic nitrogens is 2. The van der Waals surface area contributed by atoms with Crippen molar-refractivity contribution in [2.24, 2.45) is 17.8 Å². The van der Waals surface area contributed by atoms with Gasteiger partial charge in [-0.2, -0.15) is 0 Å². The van der Waals surface area contributed by atoms with Gasteiger partial charge in [0.25, 0.3) is 5.91 Å². The molecule has 0 spiro atoms. The largest absolute Gasteiger partial charge is 0.353 e. The van der Waals surface area contributed by atoms with Crippen molar-refractivity contribution in [3.05, 3.63) is 54.1 Å². The predicted molar refractivity (Wildman–Crippen MR) is 111 cm³/mol. The highest BCUT2D eigenvalue weighted by Crippen LogP contribution is 2.38. The quantitative estimate of drug-likeness (QED) is 0.819. The Morgan fingerprint density at radius 1 is 1.28 bits per heavy atom. The van der Waals surface area contributed by atoms with E-state index in [4.69, 9.17) is 0 Å². The Bertz CT molecular complexity index is 846. The number of benzene rings is 1. The zero-order valence-electron chi connectivity index (χ0n) is 17.2. The fraction of sp³-hybridized carbons (Fsp3) is 0.522. The number of hydrogen-bond donors (Lipinski definition) is 2. The lowest BCUT2D eigenvalue weighted by Gasteiger charge is -2.46. The molecule has 2 amide bonds. The van der Waals surface area contributed by atoms with Gasteiger partial charge < -0.3 is 15.2 Å². The summed E-state index contributed by atoms with van der Waals surface area (Å²) in [6, 6.07) is 8.02. The Hall–Kier alpha value is -2.63. The number of fused-ring (bicyclic) bond motifs is 1. The second-order valence-electron chi connectivity index (χ2n) is 8.57. The zero-order chi connectivity index (χ0) is 20.4. The monoisotopic (exact) mass is 394 g/mol. The van der Waals surface area contributed by atoms with Crippen LogP contribution >= 0.6 is 0 Å². The predicted octanol–water partition coefficient (Wildman–Crippen LogP) is 2.99. The summed E-state index contributed by atoms with van der Waals surface area (Å²) in [7, 11) is 0. The van der Waals surface area contributed by atoms with Crippen molar-refractivity contribution in [1.29, 1.82) is 0 Å². The minimum Gasteiger partial charge on any atom is -0.353 e. The van der Waals surface area contributed by atoms with Gasteiger partial charge in [0.15, 0.2) is 0 Å². The van der Waals surface area contributed by atoms with Crippen LogP contribution in [0.1, 0.15) is 55.5 Å². The van der Waals surface area contributed by atoms with Crippen molar-refractivity contribution >= 4 is 11.8 Å². The van der Waals surface area contributed by atoms with E-state index in [1.165, 1.54) is 0 Å². The third-order valence-electron chi connectivity index (χ3n) is 6.79. The van der Waals surface area contributed by atoms with Crippen LogP contribution in [0.25, 0.3) is 0 Å². The maximum Gasteiger partial charge on any atom is 0.251 e. The van der Waals surface area contributed by atoms with Gasteiger partial charge in [-0.05, 0) is 55.2 Å². The molecule has 1 aromatic carbocycles. The zero-order valence-corrected chi connectivity index (χ0v) is 17.2. The average Bonchev–Trinajstić information content (AvgIpc) is 3.21. The van der Waals surface area contributed by atoms with Crippen molar-refractivity contribution < 1.29 is 9.59 Å². The second kappa shape index (κ2) is 8.39. The van der Waals surface area contributed by atoms with Gasteiger partial charge in [-0.3, -0.25) is 9.59 Å². The van der Waals surface area contributed by atoms with Crippen LogP contribution in [0.3, 0.4) is 0 Å². The van der Waals surface area contributed by atoms with Gasteiger partial charge in [0.05, 0.1) is 6.33 Å². The molecular formula is C23H30N4O2. The van der Waals surface area contributed by atoms with Crippen LogP contribution in [-0.4, -0.2) is 33.4 Å². The van der Waals surface area contributed by atoms with E-state index in [0.29, 0.717) is 17.4 Å². The molecule has 2 aliphatic rings. The molecule has 2 heterocycles. The summed E-state index contributed by atoms with van der Waals surface area (Å²) in [5, 5.41) is 6.41. The maximum absolute atomic E-state index is 12.7. The lowest BCUT2D eigenvalue weighted by atomic mass is 9.67. The number of imidazole rings is 1. The molecule has 2 aromatic rings. The van der Waals surface area contributed by atoms with Crippen LogP contribution in [0.15, 0.2) is 43.0 Å². The molecule has 29 heavy (non-hydrogen) atoms. The Morgan fingerprint density at radius 2 is 2.07 bits per heavy atom. The van der Waals surface area contributed by atoms with Gasteiger partial charge in [0.2, 0.25) is 5.91 Å². The summed E-state index contributed by atoms with van der Waals surface area (Å²) < 4.78 is 2.00. The van der Waals surface area contributed by atoms with E-state index in [9.17, 15) is 9.59 Å². The number of nitrogens with zero attached hydrogens (tertiary/aromatic N) is 2. The number of carbonyl (C=O) groups excluding carboxylic acids is 2. The molecule has 1 saturated carbocycles. The van der Waals surface area contributed by atoms with Gasteiger partial charge in [0, 0.05) is 42.5 Å². The number of rotatable bonds is 5. The molecule has 6 heteroatoms. The van der Waals surface area contributed by atoms with Gasteiger partial charge in [0.1, 0.15) is 0 Å². The smallest absolute Gasteiger partial charge is 0.251 e. The molecule has 4 rings (SSSR count). The third kappa shape index (κ3) is 4.21. The Labute approximate surface area is 172 Å².